The molecule has 0 aliphatic carbocycles. The lowest BCUT2D eigenvalue weighted by Crippen LogP contribution is -2.13. The zero-order valence-corrected chi connectivity index (χ0v) is 15.9. The molecule has 1 saturated heterocycles. The number of pyridine rings is 1. The first-order chi connectivity index (χ1) is 13.1. The highest BCUT2D eigenvalue weighted by atomic mass is 32.2. The number of fused-ring (bicyclic) bond motifs is 1. The Bertz CT molecular complexity index is 1060. The van der Waals surface area contributed by atoms with Crippen molar-refractivity contribution in [1.29, 1.82) is 0 Å². The maximum absolute atomic E-state index is 11.6. The van der Waals surface area contributed by atoms with Gasteiger partial charge in [0.25, 0.3) is 0 Å². The highest BCUT2D eigenvalue weighted by Crippen LogP contribution is 2.35. The van der Waals surface area contributed by atoms with Crippen molar-refractivity contribution in [3.8, 4) is 22.8 Å². The summed E-state index contributed by atoms with van der Waals surface area (Å²) >= 11 is 0. The second-order valence-corrected chi connectivity index (χ2v) is 9.05. The van der Waals surface area contributed by atoms with Crippen LogP contribution in [0.3, 0.4) is 0 Å². The molecule has 2 heterocycles. The van der Waals surface area contributed by atoms with Crippen molar-refractivity contribution in [3.05, 3.63) is 54.7 Å². The molecule has 1 fully saturated rings. The van der Waals surface area contributed by atoms with Crippen molar-refractivity contribution < 1.29 is 17.9 Å². The fourth-order valence-corrected chi connectivity index (χ4v) is 5.36. The molecule has 1 atom stereocenters. The Balaban J connectivity index is 1.64. The second-order valence-electron chi connectivity index (χ2n) is 6.83. The van der Waals surface area contributed by atoms with Gasteiger partial charge in [-0.15, -0.1) is 0 Å². The van der Waals surface area contributed by atoms with E-state index < -0.39 is 9.84 Å². The average Bonchev–Trinajstić information content (AvgIpc) is 3.05. The number of ether oxygens (including phenoxy) is 2. The minimum Gasteiger partial charge on any atom is -0.493 e. The summed E-state index contributed by atoms with van der Waals surface area (Å²) in [5.74, 6) is 1.92. The molecule has 1 aliphatic rings. The number of hydrogen-bond donors (Lipinski definition) is 0. The quantitative estimate of drug-likeness (QED) is 0.672. The monoisotopic (exact) mass is 383 g/mol. The topological polar surface area (TPSA) is 65.5 Å². The first-order valence-corrected chi connectivity index (χ1v) is 10.7. The van der Waals surface area contributed by atoms with Crippen LogP contribution >= 0.6 is 0 Å². The van der Waals surface area contributed by atoms with Crippen molar-refractivity contribution in [3.63, 3.8) is 0 Å². The predicted octanol–water partition coefficient (Wildman–Crippen LogP) is 3.72. The molecule has 3 aromatic rings. The Morgan fingerprint density at radius 1 is 1.07 bits per heavy atom. The van der Waals surface area contributed by atoms with Gasteiger partial charge in [0.2, 0.25) is 5.88 Å². The van der Waals surface area contributed by atoms with Crippen LogP contribution in [-0.2, 0) is 9.84 Å². The minimum absolute atomic E-state index is 0.0687. The van der Waals surface area contributed by atoms with Gasteiger partial charge in [-0.25, -0.2) is 13.4 Å². The van der Waals surface area contributed by atoms with Gasteiger partial charge < -0.3 is 9.47 Å². The summed E-state index contributed by atoms with van der Waals surface area (Å²) in [5, 5.41) is 2.08. The molecule has 0 radical (unpaired) electrons. The van der Waals surface area contributed by atoms with Crippen LogP contribution in [0.2, 0.25) is 0 Å². The second kappa shape index (κ2) is 7.19. The normalized spacial score (nSPS) is 18.5. The van der Waals surface area contributed by atoms with E-state index in [-0.39, 0.29) is 17.4 Å². The van der Waals surface area contributed by atoms with Crippen LogP contribution in [0.25, 0.3) is 21.9 Å². The van der Waals surface area contributed by atoms with Crippen molar-refractivity contribution in [2.45, 2.75) is 6.42 Å². The summed E-state index contributed by atoms with van der Waals surface area (Å²) in [4.78, 5) is 4.29. The van der Waals surface area contributed by atoms with Gasteiger partial charge in [-0.1, -0.05) is 24.3 Å². The fourth-order valence-electron chi connectivity index (χ4n) is 3.52. The van der Waals surface area contributed by atoms with E-state index in [2.05, 4.69) is 11.1 Å². The molecule has 0 spiro atoms. The number of nitrogens with zero attached hydrogens (tertiary/aromatic N) is 1. The lowest BCUT2D eigenvalue weighted by atomic mass is 9.99. The van der Waals surface area contributed by atoms with E-state index in [0.717, 1.165) is 27.6 Å². The van der Waals surface area contributed by atoms with Crippen molar-refractivity contribution in [2.24, 2.45) is 5.92 Å². The molecule has 1 unspecified atom stereocenters. The van der Waals surface area contributed by atoms with Crippen molar-refractivity contribution in [2.75, 3.05) is 25.2 Å². The van der Waals surface area contributed by atoms with Crippen LogP contribution in [0.15, 0.2) is 54.7 Å². The third-order valence-corrected chi connectivity index (χ3v) is 6.78. The number of sulfone groups is 1. The third kappa shape index (κ3) is 3.76. The molecule has 4 rings (SSSR count). The van der Waals surface area contributed by atoms with Gasteiger partial charge in [-0.05, 0) is 35.6 Å². The largest absolute Gasteiger partial charge is 0.493 e. The van der Waals surface area contributed by atoms with Gasteiger partial charge in [0.05, 0.1) is 25.2 Å². The minimum atomic E-state index is -2.89. The number of aromatic nitrogens is 1. The van der Waals surface area contributed by atoms with Crippen LogP contribution in [-0.4, -0.2) is 38.6 Å². The van der Waals surface area contributed by atoms with Gasteiger partial charge in [0.1, 0.15) is 5.75 Å². The Kier molecular flexibility index (Phi) is 4.74. The summed E-state index contributed by atoms with van der Waals surface area (Å²) in [6.07, 6.45) is 2.47. The highest BCUT2D eigenvalue weighted by molar-refractivity contribution is 7.91. The molecule has 6 heteroatoms. The van der Waals surface area contributed by atoms with Crippen molar-refractivity contribution in [1.82, 2.24) is 4.98 Å². The number of methoxy groups -OCH3 is 1. The summed E-state index contributed by atoms with van der Waals surface area (Å²) in [6.45, 7) is 0.423. The molecular weight excluding hydrogens is 362 g/mol. The van der Waals surface area contributed by atoms with Crippen LogP contribution in [0.4, 0.5) is 0 Å². The van der Waals surface area contributed by atoms with Gasteiger partial charge in [-0.3, -0.25) is 0 Å². The van der Waals surface area contributed by atoms with E-state index in [4.69, 9.17) is 9.47 Å². The van der Waals surface area contributed by atoms with Gasteiger partial charge in [0, 0.05) is 29.1 Å². The van der Waals surface area contributed by atoms with Crippen molar-refractivity contribution >= 4 is 20.6 Å². The van der Waals surface area contributed by atoms with E-state index >= 15 is 0 Å². The molecule has 27 heavy (non-hydrogen) atoms. The molecule has 0 N–H and O–H groups in total. The zero-order chi connectivity index (χ0) is 18.9. The average molecular weight is 383 g/mol. The first-order valence-electron chi connectivity index (χ1n) is 8.91. The number of benzene rings is 2. The fraction of sp³-hybridized carbons (Fsp3) is 0.286. The Hall–Kier alpha value is -2.60. The predicted molar refractivity (Wildman–Crippen MR) is 106 cm³/mol. The molecule has 5 nitrogen and oxygen atoms in total. The lowest BCUT2D eigenvalue weighted by molar-refractivity contribution is 0.266. The highest BCUT2D eigenvalue weighted by Gasteiger charge is 2.28. The maximum Gasteiger partial charge on any atom is 0.212 e. The van der Waals surface area contributed by atoms with E-state index in [1.165, 1.54) is 0 Å². The smallest absolute Gasteiger partial charge is 0.212 e. The van der Waals surface area contributed by atoms with E-state index in [9.17, 15) is 8.42 Å². The SMILES string of the molecule is COc1ccc(-c2ccc(OCC3CCS(=O)(=O)C3)c3ccccc23)cn1. The Morgan fingerprint density at radius 2 is 1.89 bits per heavy atom. The van der Waals surface area contributed by atoms with Crippen LogP contribution < -0.4 is 9.47 Å². The van der Waals surface area contributed by atoms with E-state index in [0.29, 0.717) is 18.9 Å². The molecule has 0 amide bonds. The molecule has 0 saturated carbocycles. The van der Waals surface area contributed by atoms with E-state index in [1.807, 2.05) is 42.5 Å². The molecule has 2 aromatic carbocycles. The van der Waals surface area contributed by atoms with Gasteiger partial charge >= 0.3 is 0 Å². The lowest BCUT2D eigenvalue weighted by Gasteiger charge is -2.15. The van der Waals surface area contributed by atoms with E-state index in [1.54, 1.807) is 13.3 Å². The summed E-state index contributed by atoms with van der Waals surface area (Å²) in [6, 6.07) is 15.9. The maximum atomic E-state index is 11.6. The van der Waals surface area contributed by atoms with Crippen LogP contribution in [0, 0.1) is 5.92 Å². The summed E-state index contributed by atoms with van der Waals surface area (Å²) < 4.78 is 34.4. The van der Waals surface area contributed by atoms with Crippen LogP contribution in [0.5, 0.6) is 11.6 Å². The van der Waals surface area contributed by atoms with Crippen LogP contribution in [0.1, 0.15) is 6.42 Å². The number of hydrogen-bond acceptors (Lipinski definition) is 5. The molecule has 0 bridgehead atoms. The molecule has 140 valence electrons. The first kappa shape index (κ1) is 17.8. The van der Waals surface area contributed by atoms with Gasteiger partial charge in [-0.2, -0.15) is 0 Å². The zero-order valence-electron chi connectivity index (χ0n) is 15.1. The molecule has 1 aliphatic heterocycles. The Labute approximate surface area is 158 Å². The number of rotatable bonds is 5. The third-order valence-electron chi connectivity index (χ3n) is 4.94. The Morgan fingerprint density at radius 3 is 2.56 bits per heavy atom. The molecule has 1 aromatic heterocycles. The molecular formula is C21H21NO4S. The van der Waals surface area contributed by atoms with Gasteiger partial charge in [0.15, 0.2) is 9.84 Å². The summed E-state index contributed by atoms with van der Waals surface area (Å²) in [7, 11) is -1.29. The standard InChI is InChI=1S/C21H21NO4S/c1-25-21-9-6-16(12-22-21)17-7-8-20(19-5-3-2-4-18(17)19)26-13-15-10-11-27(23,24)14-15/h2-9,12,15H,10-11,13-14H2,1H3. The summed E-state index contributed by atoms with van der Waals surface area (Å²) in [5.41, 5.74) is 2.07.